The second-order valence-electron chi connectivity index (χ2n) is 5.13. The lowest BCUT2D eigenvalue weighted by Gasteiger charge is -2.19. The van der Waals surface area contributed by atoms with Gasteiger partial charge in [0.05, 0.1) is 11.3 Å². The van der Waals surface area contributed by atoms with Crippen molar-refractivity contribution in [3.05, 3.63) is 47.0 Å². The molecule has 0 bridgehead atoms. The van der Waals surface area contributed by atoms with Gasteiger partial charge in [0.15, 0.2) is 11.5 Å². The van der Waals surface area contributed by atoms with E-state index >= 15 is 0 Å². The maximum atomic E-state index is 13.0. The van der Waals surface area contributed by atoms with E-state index in [-0.39, 0.29) is 5.02 Å². The van der Waals surface area contributed by atoms with Gasteiger partial charge in [0.2, 0.25) is 0 Å². The van der Waals surface area contributed by atoms with Crippen molar-refractivity contribution in [3.8, 4) is 11.5 Å². The van der Waals surface area contributed by atoms with Gasteiger partial charge >= 0.3 is 12.2 Å². The van der Waals surface area contributed by atoms with Gasteiger partial charge in [-0.1, -0.05) is 11.6 Å². The van der Waals surface area contributed by atoms with Crippen molar-refractivity contribution in [3.63, 3.8) is 0 Å². The van der Waals surface area contributed by atoms with Crippen LogP contribution in [0.4, 0.5) is 29.3 Å². The minimum absolute atomic E-state index is 0.0786. The quantitative estimate of drug-likeness (QED) is 0.798. The molecule has 0 saturated carbocycles. The molecule has 0 spiro atoms. The highest BCUT2D eigenvalue weighted by Crippen LogP contribution is 2.37. The topological polar surface area (TPSA) is 59.6 Å². The molecule has 0 atom stereocenters. The Morgan fingerprint density at radius 3 is 2.44 bits per heavy atom. The van der Waals surface area contributed by atoms with E-state index in [1.54, 1.807) is 12.1 Å². The number of ether oxygens (including phenoxy) is 2. The van der Waals surface area contributed by atoms with Gasteiger partial charge in [-0.25, -0.2) is 4.79 Å². The first-order valence-corrected chi connectivity index (χ1v) is 7.55. The minimum atomic E-state index is -4.65. The molecule has 0 fully saturated rings. The molecule has 3 rings (SSSR count). The Morgan fingerprint density at radius 2 is 1.72 bits per heavy atom. The molecule has 0 radical (unpaired) electrons. The van der Waals surface area contributed by atoms with Crippen molar-refractivity contribution in [1.29, 1.82) is 0 Å². The van der Waals surface area contributed by atoms with Crippen LogP contribution < -0.4 is 20.1 Å². The molecule has 0 unspecified atom stereocenters. The molecule has 1 aliphatic rings. The molecule has 1 heterocycles. The highest BCUT2D eigenvalue weighted by atomic mass is 35.5. The van der Waals surface area contributed by atoms with Crippen LogP contribution in [0.1, 0.15) is 5.56 Å². The number of anilines is 2. The van der Waals surface area contributed by atoms with Gasteiger partial charge in [-0.2, -0.15) is 13.2 Å². The Balaban J connectivity index is 1.75. The summed E-state index contributed by atoms with van der Waals surface area (Å²) in [5.41, 5.74) is -1.08. The lowest BCUT2D eigenvalue weighted by Crippen LogP contribution is -2.22. The number of halogens is 4. The van der Waals surface area contributed by atoms with E-state index in [0.717, 1.165) is 12.1 Å². The van der Waals surface area contributed by atoms with Gasteiger partial charge in [-0.05, 0) is 30.3 Å². The number of benzene rings is 2. The lowest BCUT2D eigenvalue weighted by molar-refractivity contribution is -0.136. The maximum absolute atomic E-state index is 13.0. The van der Waals surface area contributed by atoms with Crippen LogP contribution in [0.15, 0.2) is 36.4 Å². The smallest absolute Gasteiger partial charge is 0.418 e. The third-order valence-corrected chi connectivity index (χ3v) is 3.57. The highest BCUT2D eigenvalue weighted by Gasteiger charge is 2.34. The predicted molar refractivity (Wildman–Crippen MR) is 86.5 cm³/mol. The summed E-state index contributed by atoms with van der Waals surface area (Å²) >= 11 is 5.60. The van der Waals surface area contributed by atoms with Gasteiger partial charge in [-0.15, -0.1) is 0 Å². The zero-order chi connectivity index (χ0) is 18.0. The Morgan fingerprint density at radius 1 is 1.00 bits per heavy atom. The maximum Gasteiger partial charge on any atom is 0.418 e. The largest absolute Gasteiger partial charge is 0.486 e. The third-order valence-electron chi connectivity index (χ3n) is 3.34. The van der Waals surface area contributed by atoms with Gasteiger partial charge in [0.25, 0.3) is 0 Å². The average molecular weight is 373 g/mol. The fraction of sp³-hybridized carbons (Fsp3) is 0.188. The second kappa shape index (κ2) is 6.72. The summed E-state index contributed by atoms with van der Waals surface area (Å²) in [6.07, 6.45) is -4.65. The van der Waals surface area contributed by atoms with Crippen LogP contribution in [0.5, 0.6) is 11.5 Å². The molecule has 9 heteroatoms. The van der Waals surface area contributed by atoms with Crippen molar-refractivity contribution < 1.29 is 27.4 Å². The van der Waals surface area contributed by atoms with Crippen molar-refractivity contribution in [2.45, 2.75) is 6.18 Å². The third kappa shape index (κ3) is 4.08. The zero-order valence-electron chi connectivity index (χ0n) is 12.6. The predicted octanol–water partition coefficient (Wildman–Crippen LogP) is 4.77. The van der Waals surface area contributed by atoms with Crippen LogP contribution in [-0.2, 0) is 6.18 Å². The molecule has 1 aliphatic heterocycles. The Labute approximate surface area is 145 Å². The summed E-state index contributed by atoms with van der Waals surface area (Å²) in [6.45, 7) is 0.805. The SMILES string of the molecule is O=C(Nc1ccc2c(c1)OCCO2)Nc1ccc(Cl)cc1C(F)(F)F. The normalized spacial score (nSPS) is 13.3. The van der Waals surface area contributed by atoms with Crippen molar-refractivity contribution in [2.75, 3.05) is 23.8 Å². The molecule has 132 valence electrons. The van der Waals surface area contributed by atoms with Crippen LogP contribution >= 0.6 is 11.6 Å². The summed E-state index contributed by atoms with van der Waals surface area (Å²) in [4.78, 5) is 12.0. The van der Waals surface area contributed by atoms with Crippen LogP contribution in [0.2, 0.25) is 5.02 Å². The van der Waals surface area contributed by atoms with Gasteiger partial charge in [0, 0.05) is 16.8 Å². The van der Waals surface area contributed by atoms with Crippen molar-refractivity contribution in [2.24, 2.45) is 0 Å². The Kier molecular flexibility index (Phi) is 4.63. The number of hydrogen-bond donors (Lipinski definition) is 2. The number of alkyl halides is 3. The second-order valence-corrected chi connectivity index (χ2v) is 5.56. The number of amides is 2. The van der Waals surface area contributed by atoms with E-state index in [4.69, 9.17) is 21.1 Å². The van der Waals surface area contributed by atoms with E-state index in [9.17, 15) is 18.0 Å². The van der Waals surface area contributed by atoms with E-state index in [1.807, 2.05) is 0 Å². The fourth-order valence-electron chi connectivity index (χ4n) is 2.27. The van der Waals surface area contributed by atoms with E-state index in [2.05, 4.69) is 10.6 Å². The Bertz CT molecular complexity index is 812. The van der Waals surface area contributed by atoms with Gasteiger partial charge in [-0.3, -0.25) is 0 Å². The van der Waals surface area contributed by atoms with Crippen molar-refractivity contribution in [1.82, 2.24) is 0 Å². The minimum Gasteiger partial charge on any atom is -0.486 e. The molecule has 25 heavy (non-hydrogen) atoms. The first kappa shape index (κ1) is 17.2. The van der Waals surface area contributed by atoms with Crippen LogP contribution in [0.25, 0.3) is 0 Å². The first-order chi connectivity index (χ1) is 11.8. The molecule has 2 aromatic rings. The molecule has 0 aromatic heterocycles. The standard InChI is InChI=1S/C16H12ClF3N2O3/c17-9-1-3-12(11(7-9)16(18,19)20)22-15(23)21-10-2-4-13-14(8-10)25-6-5-24-13/h1-4,7-8H,5-6H2,(H2,21,22,23). The zero-order valence-corrected chi connectivity index (χ0v) is 13.4. The molecule has 2 N–H and O–H groups in total. The molecule has 2 amide bonds. The summed E-state index contributed by atoms with van der Waals surface area (Å²) in [7, 11) is 0. The first-order valence-electron chi connectivity index (χ1n) is 7.17. The number of fused-ring (bicyclic) bond motifs is 1. The fourth-order valence-corrected chi connectivity index (χ4v) is 2.44. The summed E-state index contributed by atoms with van der Waals surface area (Å²) in [6, 6.07) is 6.96. The highest BCUT2D eigenvalue weighted by molar-refractivity contribution is 6.30. The van der Waals surface area contributed by atoms with Crippen LogP contribution in [0.3, 0.4) is 0 Å². The number of carbonyl (C=O) groups is 1. The van der Waals surface area contributed by atoms with E-state index in [0.29, 0.717) is 30.4 Å². The number of urea groups is 1. The van der Waals surface area contributed by atoms with Gasteiger partial charge < -0.3 is 20.1 Å². The van der Waals surface area contributed by atoms with Crippen LogP contribution in [0, 0.1) is 0 Å². The summed E-state index contributed by atoms with van der Waals surface area (Å²) in [5, 5.41) is 4.54. The number of rotatable bonds is 2. The number of hydrogen-bond acceptors (Lipinski definition) is 3. The molecule has 2 aromatic carbocycles. The molecular weight excluding hydrogens is 361 g/mol. The van der Waals surface area contributed by atoms with E-state index < -0.39 is 23.5 Å². The molecular formula is C16H12ClF3N2O3. The lowest BCUT2D eigenvalue weighted by atomic mass is 10.1. The molecule has 0 saturated heterocycles. The van der Waals surface area contributed by atoms with E-state index in [1.165, 1.54) is 12.1 Å². The average Bonchev–Trinajstić information content (AvgIpc) is 2.55. The molecule has 5 nitrogen and oxygen atoms in total. The monoisotopic (exact) mass is 372 g/mol. The number of carbonyl (C=O) groups excluding carboxylic acids is 1. The molecule has 0 aliphatic carbocycles. The van der Waals surface area contributed by atoms with Crippen molar-refractivity contribution >= 4 is 29.0 Å². The number of nitrogens with one attached hydrogen (secondary N) is 2. The summed E-state index contributed by atoms with van der Waals surface area (Å²) in [5.74, 6) is 0.987. The Hall–Kier alpha value is -2.61. The van der Waals surface area contributed by atoms with Crippen LogP contribution in [-0.4, -0.2) is 19.2 Å². The summed E-state index contributed by atoms with van der Waals surface area (Å²) < 4.78 is 49.8. The van der Waals surface area contributed by atoms with Gasteiger partial charge in [0.1, 0.15) is 13.2 Å².